The standard InChI is InChI=1S/C10H14N2O2S/c1-14-9(13)8-7(11-10(15)12-8)6-4-2-3-5-6/h6H,2-5H2,1H3,(H2,11,12,15). The molecular weight excluding hydrogens is 212 g/mol. The first-order valence-electron chi connectivity index (χ1n) is 5.13. The molecule has 2 N–H and O–H groups in total. The minimum Gasteiger partial charge on any atom is -0.464 e. The summed E-state index contributed by atoms with van der Waals surface area (Å²) in [5, 5.41) is 0. The second kappa shape index (κ2) is 4.18. The molecule has 0 unspecified atom stereocenters. The van der Waals surface area contributed by atoms with Crippen molar-refractivity contribution in [1.82, 2.24) is 9.97 Å². The zero-order chi connectivity index (χ0) is 10.8. The van der Waals surface area contributed by atoms with Gasteiger partial charge < -0.3 is 14.7 Å². The molecule has 0 radical (unpaired) electrons. The number of esters is 1. The summed E-state index contributed by atoms with van der Waals surface area (Å²) in [5.41, 5.74) is 1.42. The maximum absolute atomic E-state index is 11.5. The molecule has 0 amide bonds. The number of carbonyl (C=O) groups is 1. The average Bonchev–Trinajstić information content (AvgIpc) is 2.84. The molecule has 1 fully saturated rings. The minimum absolute atomic E-state index is 0.343. The van der Waals surface area contributed by atoms with Crippen molar-refractivity contribution in [3.63, 3.8) is 0 Å². The van der Waals surface area contributed by atoms with Gasteiger partial charge in [-0.15, -0.1) is 0 Å². The number of aromatic amines is 2. The number of hydrogen-bond donors (Lipinski definition) is 2. The van der Waals surface area contributed by atoms with Crippen molar-refractivity contribution < 1.29 is 9.53 Å². The number of aromatic nitrogens is 2. The van der Waals surface area contributed by atoms with Crippen LogP contribution in [-0.4, -0.2) is 23.0 Å². The largest absolute Gasteiger partial charge is 0.464 e. The topological polar surface area (TPSA) is 57.9 Å². The fourth-order valence-electron chi connectivity index (χ4n) is 2.18. The SMILES string of the molecule is COC(=O)c1[nH]c(=S)[nH]c1C1CCCC1. The van der Waals surface area contributed by atoms with E-state index >= 15 is 0 Å². The first kappa shape index (κ1) is 10.4. The molecule has 1 saturated carbocycles. The Morgan fingerprint density at radius 2 is 2.07 bits per heavy atom. The Hall–Kier alpha value is -1.10. The molecule has 0 aliphatic heterocycles. The fraction of sp³-hybridized carbons (Fsp3) is 0.600. The van der Waals surface area contributed by atoms with E-state index in [0.717, 1.165) is 18.5 Å². The van der Waals surface area contributed by atoms with Crippen LogP contribution in [0.2, 0.25) is 0 Å². The molecule has 4 nitrogen and oxygen atoms in total. The molecule has 5 heteroatoms. The molecule has 2 rings (SSSR count). The number of carbonyl (C=O) groups excluding carboxylic acids is 1. The van der Waals surface area contributed by atoms with E-state index in [-0.39, 0.29) is 5.97 Å². The van der Waals surface area contributed by atoms with Crippen LogP contribution in [0.3, 0.4) is 0 Å². The first-order valence-corrected chi connectivity index (χ1v) is 5.53. The Kier molecular flexibility index (Phi) is 2.90. The third kappa shape index (κ3) is 1.97. The van der Waals surface area contributed by atoms with Crippen molar-refractivity contribution in [2.75, 3.05) is 7.11 Å². The molecule has 1 heterocycles. The predicted octanol–water partition coefficient (Wildman–Crippen LogP) is 2.52. The molecule has 1 aromatic heterocycles. The quantitative estimate of drug-likeness (QED) is 0.601. The number of nitrogens with one attached hydrogen (secondary N) is 2. The summed E-state index contributed by atoms with van der Waals surface area (Å²) < 4.78 is 5.21. The molecule has 15 heavy (non-hydrogen) atoms. The van der Waals surface area contributed by atoms with Crippen molar-refractivity contribution in [1.29, 1.82) is 0 Å². The lowest BCUT2D eigenvalue weighted by Crippen LogP contribution is -2.07. The highest BCUT2D eigenvalue weighted by molar-refractivity contribution is 7.71. The van der Waals surface area contributed by atoms with Crippen LogP contribution in [0.15, 0.2) is 0 Å². The van der Waals surface area contributed by atoms with Gasteiger partial charge in [0.25, 0.3) is 0 Å². The number of imidazole rings is 1. The molecule has 1 aromatic rings. The van der Waals surface area contributed by atoms with Crippen molar-refractivity contribution in [2.24, 2.45) is 0 Å². The van der Waals surface area contributed by atoms with E-state index in [9.17, 15) is 4.79 Å². The van der Waals surface area contributed by atoms with Gasteiger partial charge in [0.2, 0.25) is 0 Å². The van der Waals surface area contributed by atoms with Crippen LogP contribution in [0, 0.1) is 4.77 Å². The van der Waals surface area contributed by atoms with Crippen LogP contribution in [0.5, 0.6) is 0 Å². The van der Waals surface area contributed by atoms with Crippen molar-refractivity contribution in [3.05, 3.63) is 16.2 Å². The van der Waals surface area contributed by atoms with Gasteiger partial charge in [0.1, 0.15) is 5.69 Å². The van der Waals surface area contributed by atoms with E-state index in [1.165, 1.54) is 20.0 Å². The monoisotopic (exact) mass is 226 g/mol. The predicted molar refractivity (Wildman–Crippen MR) is 58.5 cm³/mol. The van der Waals surface area contributed by atoms with Gasteiger partial charge in [0, 0.05) is 5.92 Å². The van der Waals surface area contributed by atoms with E-state index < -0.39 is 0 Å². The van der Waals surface area contributed by atoms with Gasteiger partial charge in [0.05, 0.1) is 12.8 Å². The first-order chi connectivity index (χ1) is 7.22. The Balaban J connectivity index is 2.36. The molecule has 0 atom stereocenters. The summed E-state index contributed by atoms with van der Waals surface area (Å²) in [5.74, 6) is 0.0799. The van der Waals surface area contributed by atoms with E-state index in [2.05, 4.69) is 9.97 Å². The van der Waals surface area contributed by atoms with Crippen molar-refractivity contribution >= 4 is 18.2 Å². The van der Waals surface area contributed by atoms with Gasteiger partial charge in [-0.25, -0.2) is 4.79 Å². The lowest BCUT2D eigenvalue weighted by atomic mass is 10.0. The summed E-state index contributed by atoms with van der Waals surface area (Å²) in [7, 11) is 1.38. The fourth-order valence-corrected chi connectivity index (χ4v) is 2.39. The van der Waals surface area contributed by atoms with Crippen LogP contribution in [0.4, 0.5) is 0 Å². The summed E-state index contributed by atoms with van der Waals surface area (Å²) in [4.78, 5) is 17.4. The molecule has 1 aliphatic carbocycles. The Morgan fingerprint density at radius 1 is 1.40 bits per heavy atom. The van der Waals surface area contributed by atoms with E-state index in [4.69, 9.17) is 17.0 Å². The summed E-state index contributed by atoms with van der Waals surface area (Å²) >= 11 is 5.00. The van der Waals surface area contributed by atoms with E-state index in [0.29, 0.717) is 16.4 Å². The summed E-state index contributed by atoms with van der Waals surface area (Å²) in [6.07, 6.45) is 4.67. The van der Waals surface area contributed by atoms with Gasteiger partial charge in [-0.05, 0) is 25.1 Å². The van der Waals surface area contributed by atoms with Crippen LogP contribution >= 0.6 is 12.2 Å². The maximum Gasteiger partial charge on any atom is 0.356 e. The smallest absolute Gasteiger partial charge is 0.356 e. The number of ether oxygens (including phenoxy) is 1. The van der Waals surface area contributed by atoms with E-state index in [1.807, 2.05) is 0 Å². The van der Waals surface area contributed by atoms with Gasteiger partial charge in [-0.2, -0.15) is 0 Å². The van der Waals surface area contributed by atoms with Gasteiger partial charge in [-0.1, -0.05) is 12.8 Å². The molecule has 0 spiro atoms. The summed E-state index contributed by atoms with van der Waals surface area (Å²) in [6, 6.07) is 0. The third-order valence-corrected chi connectivity index (χ3v) is 3.11. The van der Waals surface area contributed by atoms with Gasteiger partial charge in [-0.3, -0.25) is 0 Å². The summed E-state index contributed by atoms with van der Waals surface area (Å²) in [6.45, 7) is 0. The second-order valence-electron chi connectivity index (χ2n) is 3.84. The molecule has 0 saturated heterocycles. The molecule has 82 valence electrons. The van der Waals surface area contributed by atoms with E-state index in [1.54, 1.807) is 0 Å². The lowest BCUT2D eigenvalue weighted by Gasteiger charge is -2.07. The average molecular weight is 226 g/mol. The van der Waals surface area contributed by atoms with Crippen LogP contribution in [0.1, 0.15) is 47.8 Å². The maximum atomic E-state index is 11.5. The molecule has 1 aliphatic rings. The highest BCUT2D eigenvalue weighted by Crippen LogP contribution is 2.34. The van der Waals surface area contributed by atoms with Crippen LogP contribution in [-0.2, 0) is 4.74 Å². The second-order valence-corrected chi connectivity index (χ2v) is 4.25. The Labute approximate surface area is 93.0 Å². The van der Waals surface area contributed by atoms with Gasteiger partial charge in [0.15, 0.2) is 4.77 Å². The third-order valence-electron chi connectivity index (χ3n) is 2.91. The van der Waals surface area contributed by atoms with Crippen LogP contribution < -0.4 is 0 Å². The zero-order valence-corrected chi connectivity index (χ0v) is 9.45. The van der Waals surface area contributed by atoms with Crippen molar-refractivity contribution in [2.45, 2.75) is 31.6 Å². The van der Waals surface area contributed by atoms with Crippen molar-refractivity contribution in [3.8, 4) is 0 Å². The molecular formula is C10H14N2O2S. The number of hydrogen-bond acceptors (Lipinski definition) is 3. The van der Waals surface area contributed by atoms with Gasteiger partial charge >= 0.3 is 5.97 Å². The number of rotatable bonds is 2. The number of H-pyrrole nitrogens is 2. The zero-order valence-electron chi connectivity index (χ0n) is 8.63. The lowest BCUT2D eigenvalue weighted by molar-refractivity contribution is 0.0592. The highest BCUT2D eigenvalue weighted by atomic mass is 32.1. The number of methoxy groups -OCH3 is 1. The molecule has 0 bridgehead atoms. The molecule has 0 aromatic carbocycles. The Bertz CT molecular complexity index is 415. The normalized spacial score (nSPS) is 16.9. The Morgan fingerprint density at radius 3 is 2.67 bits per heavy atom. The highest BCUT2D eigenvalue weighted by Gasteiger charge is 2.25. The van der Waals surface area contributed by atoms with Crippen LogP contribution in [0.25, 0.3) is 0 Å². The minimum atomic E-state index is -0.343.